The largest absolute Gasteiger partial charge is 0.468 e. The second kappa shape index (κ2) is 8.99. The van der Waals surface area contributed by atoms with Crippen LogP contribution in [0.4, 0.5) is 0 Å². The summed E-state index contributed by atoms with van der Waals surface area (Å²) < 4.78 is 5.63. The van der Waals surface area contributed by atoms with Crippen LogP contribution in [0, 0.1) is 0 Å². The number of carbonyl (C=O) groups excluding carboxylic acids is 1. The molecule has 0 aromatic carbocycles. The highest BCUT2D eigenvalue weighted by Crippen LogP contribution is 2.30. The van der Waals surface area contributed by atoms with Gasteiger partial charge in [-0.2, -0.15) is 0 Å². The summed E-state index contributed by atoms with van der Waals surface area (Å²) in [6.07, 6.45) is 8.50. The van der Waals surface area contributed by atoms with Gasteiger partial charge in [-0.1, -0.05) is 26.7 Å². The van der Waals surface area contributed by atoms with E-state index in [9.17, 15) is 4.79 Å². The fourth-order valence-corrected chi connectivity index (χ4v) is 3.33. The monoisotopic (exact) mass is 306 g/mol. The van der Waals surface area contributed by atoms with Crippen molar-refractivity contribution in [1.82, 2.24) is 9.80 Å². The molecule has 1 aliphatic rings. The van der Waals surface area contributed by atoms with E-state index in [-0.39, 0.29) is 11.9 Å². The standard InChI is InChI=1S/C18H30N2O2/c1-3-11-19(12-4-2)18(21)15-20-13-7-5-6-9-16(20)17-10-8-14-22-17/h8,10,14,16H,3-7,9,11-13,15H2,1-2H3. The van der Waals surface area contributed by atoms with Gasteiger partial charge in [-0.25, -0.2) is 0 Å². The molecule has 1 unspecified atom stereocenters. The van der Waals surface area contributed by atoms with Gasteiger partial charge >= 0.3 is 0 Å². The van der Waals surface area contributed by atoms with Gasteiger partial charge in [0.05, 0.1) is 18.8 Å². The van der Waals surface area contributed by atoms with Crippen molar-refractivity contribution in [3.63, 3.8) is 0 Å². The maximum Gasteiger partial charge on any atom is 0.236 e. The molecule has 1 amide bonds. The van der Waals surface area contributed by atoms with Gasteiger partial charge in [0.1, 0.15) is 5.76 Å². The fraction of sp³-hybridized carbons (Fsp3) is 0.722. The molecule has 0 N–H and O–H groups in total. The van der Waals surface area contributed by atoms with E-state index in [1.54, 1.807) is 6.26 Å². The first-order valence-electron chi connectivity index (χ1n) is 8.81. The van der Waals surface area contributed by atoms with Crippen molar-refractivity contribution in [3.8, 4) is 0 Å². The molecule has 0 radical (unpaired) electrons. The van der Waals surface area contributed by atoms with Crippen LogP contribution in [-0.4, -0.2) is 41.9 Å². The Morgan fingerprint density at radius 2 is 2.05 bits per heavy atom. The molecule has 0 aliphatic carbocycles. The minimum absolute atomic E-state index is 0.256. The Hall–Kier alpha value is -1.29. The molecule has 1 fully saturated rings. The quantitative estimate of drug-likeness (QED) is 0.768. The summed E-state index contributed by atoms with van der Waals surface area (Å²) in [7, 11) is 0. The number of nitrogens with zero attached hydrogens (tertiary/aromatic N) is 2. The summed E-state index contributed by atoms with van der Waals surface area (Å²) >= 11 is 0. The average molecular weight is 306 g/mol. The molecule has 0 spiro atoms. The van der Waals surface area contributed by atoms with E-state index in [4.69, 9.17) is 4.42 Å². The highest BCUT2D eigenvalue weighted by molar-refractivity contribution is 5.78. The fourth-order valence-electron chi connectivity index (χ4n) is 3.33. The summed E-state index contributed by atoms with van der Waals surface area (Å²) in [5.41, 5.74) is 0. The number of furan rings is 1. The van der Waals surface area contributed by atoms with Gasteiger partial charge in [-0.05, 0) is 44.4 Å². The number of rotatable bonds is 7. The van der Waals surface area contributed by atoms with Crippen LogP contribution >= 0.6 is 0 Å². The van der Waals surface area contributed by atoms with Gasteiger partial charge in [0.25, 0.3) is 0 Å². The first kappa shape index (κ1) is 17.1. The van der Waals surface area contributed by atoms with Crippen molar-refractivity contribution in [2.75, 3.05) is 26.2 Å². The van der Waals surface area contributed by atoms with Crippen molar-refractivity contribution in [2.45, 2.75) is 58.4 Å². The van der Waals surface area contributed by atoms with Crippen molar-refractivity contribution >= 4 is 5.91 Å². The zero-order valence-corrected chi connectivity index (χ0v) is 14.1. The highest BCUT2D eigenvalue weighted by Gasteiger charge is 2.27. The third-order valence-electron chi connectivity index (χ3n) is 4.41. The predicted octanol–water partition coefficient (Wildman–Crippen LogP) is 3.85. The van der Waals surface area contributed by atoms with Crippen molar-refractivity contribution in [3.05, 3.63) is 24.2 Å². The Morgan fingerprint density at radius 3 is 2.68 bits per heavy atom. The van der Waals surface area contributed by atoms with E-state index in [2.05, 4.69) is 18.7 Å². The Labute approximate surface area is 134 Å². The summed E-state index contributed by atoms with van der Waals surface area (Å²) in [6.45, 7) is 7.51. The van der Waals surface area contributed by atoms with Crippen molar-refractivity contribution in [1.29, 1.82) is 0 Å². The van der Waals surface area contributed by atoms with Gasteiger partial charge in [0.2, 0.25) is 5.91 Å². The van der Waals surface area contributed by atoms with E-state index >= 15 is 0 Å². The van der Waals surface area contributed by atoms with E-state index in [1.807, 2.05) is 17.0 Å². The van der Waals surface area contributed by atoms with Gasteiger partial charge in [-0.3, -0.25) is 9.69 Å². The molecule has 1 atom stereocenters. The van der Waals surface area contributed by atoms with Crippen LogP contribution in [0.25, 0.3) is 0 Å². The average Bonchev–Trinajstić information content (AvgIpc) is 2.94. The van der Waals surface area contributed by atoms with Gasteiger partial charge in [0, 0.05) is 13.1 Å². The molecule has 0 saturated carbocycles. The van der Waals surface area contributed by atoms with Crippen LogP contribution in [0.3, 0.4) is 0 Å². The van der Waals surface area contributed by atoms with Gasteiger partial charge in [0.15, 0.2) is 0 Å². The second-order valence-electron chi connectivity index (χ2n) is 6.23. The van der Waals surface area contributed by atoms with Crippen LogP contribution in [0.2, 0.25) is 0 Å². The lowest BCUT2D eigenvalue weighted by molar-refractivity contribution is -0.133. The topological polar surface area (TPSA) is 36.7 Å². The SMILES string of the molecule is CCCN(CCC)C(=O)CN1CCCCCC1c1ccco1. The minimum Gasteiger partial charge on any atom is -0.468 e. The Bertz CT molecular complexity index is 424. The zero-order chi connectivity index (χ0) is 15.8. The summed E-state index contributed by atoms with van der Waals surface area (Å²) in [5.74, 6) is 1.27. The molecule has 2 rings (SSSR count). The summed E-state index contributed by atoms with van der Waals surface area (Å²) in [6, 6.07) is 4.25. The van der Waals surface area contributed by atoms with Crippen LogP contribution in [0.5, 0.6) is 0 Å². The number of likely N-dealkylation sites (tertiary alicyclic amines) is 1. The predicted molar refractivity (Wildman–Crippen MR) is 88.7 cm³/mol. The molecule has 4 nitrogen and oxygen atoms in total. The maximum atomic E-state index is 12.7. The van der Waals surface area contributed by atoms with E-state index in [1.165, 1.54) is 19.3 Å². The van der Waals surface area contributed by atoms with E-state index in [0.29, 0.717) is 6.54 Å². The van der Waals surface area contributed by atoms with Crippen LogP contribution in [0.15, 0.2) is 22.8 Å². The molecule has 124 valence electrons. The number of carbonyl (C=O) groups is 1. The molecule has 1 aromatic heterocycles. The van der Waals surface area contributed by atoms with Crippen LogP contribution in [0.1, 0.15) is 64.2 Å². The molecule has 1 aliphatic heterocycles. The van der Waals surface area contributed by atoms with Crippen LogP contribution < -0.4 is 0 Å². The summed E-state index contributed by atoms with van der Waals surface area (Å²) in [5, 5.41) is 0. The number of hydrogen-bond acceptors (Lipinski definition) is 3. The molecule has 1 saturated heterocycles. The summed E-state index contributed by atoms with van der Waals surface area (Å²) in [4.78, 5) is 17.0. The third kappa shape index (κ3) is 4.60. The third-order valence-corrected chi connectivity index (χ3v) is 4.41. The lowest BCUT2D eigenvalue weighted by atomic mass is 10.1. The molecule has 0 bridgehead atoms. The van der Waals surface area contributed by atoms with E-state index < -0.39 is 0 Å². The number of hydrogen-bond donors (Lipinski definition) is 0. The second-order valence-corrected chi connectivity index (χ2v) is 6.23. The normalized spacial score (nSPS) is 19.8. The van der Waals surface area contributed by atoms with Crippen LogP contribution in [-0.2, 0) is 4.79 Å². The van der Waals surface area contributed by atoms with Crippen molar-refractivity contribution < 1.29 is 9.21 Å². The molecule has 2 heterocycles. The number of amides is 1. The van der Waals surface area contributed by atoms with Crippen molar-refractivity contribution in [2.24, 2.45) is 0 Å². The minimum atomic E-state index is 0.256. The molecular formula is C18H30N2O2. The van der Waals surface area contributed by atoms with E-state index in [0.717, 1.165) is 44.7 Å². The molecule has 1 aromatic rings. The Balaban J connectivity index is 2.04. The lowest BCUT2D eigenvalue weighted by Gasteiger charge is -2.30. The first-order valence-corrected chi connectivity index (χ1v) is 8.81. The maximum absolute atomic E-state index is 12.7. The highest BCUT2D eigenvalue weighted by atomic mass is 16.3. The van der Waals surface area contributed by atoms with Gasteiger partial charge < -0.3 is 9.32 Å². The molecular weight excluding hydrogens is 276 g/mol. The Morgan fingerprint density at radius 1 is 1.27 bits per heavy atom. The zero-order valence-electron chi connectivity index (χ0n) is 14.1. The van der Waals surface area contributed by atoms with Gasteiger partial charge in [-0.15, -0.1) is 0 Å². The molecule has 4 heteroatoms. The Kier molecular flexibility index (Phi) is 6.97. The smallest absolute Gasteiger partial charge is 0.236 e. The lowest BCUT2D eigenvalue weighted by Crippen LogP contribution is -2.42. The first-order chi connectivity index (χ1) is 10.8. The molecule has 22 heavy (non-hydrogen) atoms.